The second kappa shape index (κ2) is 15.3. The molecule has 1 saturated carbocycles. The Labute approximate surface area is 314 Å². The van der Waals surface area contributed by atoms with Crippen molar-refractivity contribution >= 4 is 35.1 Å². The van der Waals surface area contributed by atoms with E-state index in [2.05, 4.69) is 48.5 Å². The van der Waals surface area contributed by atoms with Crippen LogP contribution in [0.3, 0.4) is 0 Å². The Morgan fingerprint density at radius 1 is 0.635 bits per heavy atom. The number of hydrogen-bond donors (Lipinski definition) is 0. The maximum Gasteiger partial charge on any atom is 0.372 e. The van der Waals surface area contributed by atoms with Crippen LogP contribution in [0.2, 0.25) is 10.0 Å². The topological polar surface area (TPSA) is 89.5 Å². The van der Waals surface area contributed by atoms with Crippen LogP contribution in [0.1, 0.15) is 61.3 Å². The lowest BCUT2D eigenvalue weighted by molar-refractivity contribution is -0.316. The van der Waals surface area contributed by atoms with E-state index in [4.69, 9.17) is 51.6 Å². The number of carbonyl (C=O) groups excluding carboxylic acids is 2. The molecule has 2 aliphatic heterocycles. The van der Waals surface area contributed by atoms with Crippen molar-refractivity contribution in [1.29, 1.82) is 0 Å². The molecule has 0 radical (unpaired) electrons. The number of ether oxygens (including phenoxy) is 6. The summed E-state index contributed by atoms with van der Waals surface area (Å²) >= 11 is 12.0. The van der Waals surface area contributed by atoms with Crippen LogP contribution < -0.4 is 0 Å². The van der Waals surface area contributed by atoms with Crippen molar-refractivity contribution < 1.29 is 38.0 Å². The summed E-state index contributed by atoms with van der Waals surface area (Å²) in [6.07, 6.45) is 3.37. The quantitative estimate of drug-likeness (QED) is 0.174. The molecule has 2 heterocycles. The van der Waals surface area contributed by atoms with Gasteiger partial charge in [0, 0.05) is 38.4 Å². The van der Waals surface area contributed by atoms with Gasteiger partial charge in [0.25, 0.3) is 11.6 Å². The summed E-state index contributed by atoms with van der Waals surface area (Å²) in [7, 11) is 0. The smallest absolute Gasteiger partial charge is 0.372 e. The van der Waals surface area contributed by atoms with Crippen molar-refractivity contribution in [3.8, 4) is 11.1 Å². The summed E-state index contributed by atoms with van der Waals surface area (Å²) < 4.78 is 34.8. The van der Waals surface area contributed by atoms with Gasteiger partial charge in [-0.2, -0.15) is 0 Å². The highest BCUT2D eigenvalue weighted by molar-refractivity contribution is 6.30. The highest BCUT2D eigenvalue weighted by Crippen LogP contribution is 2.51. The number of halogens is 2. The first-order valence-corrected chi connectivity index (χ1v) is 18.6. The van der Waals surface area contributed by atoms with Crippen LogP contribution in [-0.4, -0.2) is 51.6 Å². The Morgan fingerprint density at radius 3 is 1.46 bits per heavy atom. The molecule has 8 nitrogen and oxygen atoms in total. The minimum Gasteiger partial charge on any atom is -0.462 e. The molecule has 0 amide bonds. The van der Waals surface area contributed by atoms with Crippen molar-refractivity contribution in [2.75, 3.05) is 39.6 Å². The third-order valence-electron chi connectivity index (χ3n) is 10.5. The molecule has 2 aliphatic carbocycles. The normalized spacial score (nSPS) is 22.6. The summed E-state index contributed by atoms with van der Waals surface area (Å²) in [5, 5.41) is 1.18. The van der Waals surface area contributed by atoms with E-state index in [9.17, 15) is 9.59 Å². The molecular weight excluding hydrogens is 703 g/mol. The average molecular weight is 746 g/mol. The highest BCUT2D eigenvalue weighted by Gasteiger charge is 2.54. The largest absolute Gasteiger partial charge is 0.462 e. The Balaban J connectivity index is 0.000000175. The molecule has 0 aromatic heterocycles. The average Bonchev–Trinajstić information content (AvgIpc) is 3.50. The van der Waals surface area contributed by atoms with Crippen molar-refractivity contribution in [3.63, 3.8) is 0 Å². The van der Waals surface area contributed by atoms with Crippen LogP contribution in [0.15, 0.2) is 97.1 Å². The summed E-state index contributed by atoms with van der Waals surface area (Å²) in [6, 6.07) is 30.8. The van der Waals surface area contributed by atoms with Gasteiger partial charge in [-0.1, -0.05) is 102 Å². The van der Waals surface area contributed by atoms with Gasteiger partial charge in [0.2, 0.25) is 0 Å². The van der Waals surface area contributed by atoms with E-state index in [0.717, 1.165) is 12.8 Å². The molecule has 52 heavy (non-hydrogen) atoms. The van der Waals surface area contributed by atoms with Gasteiger partial charge in [-0.15, -0.1) is 0 Å². The third-order valence-corrected chi connectivity index (χ3v) is 11.0. The molecule has 2 saturated heterocycles. The van der Waals surface area contributed by atoms with Gasteiger partial charge in [-0.3, -0.25) is 0 Å². The zero-order chi connectivity index (χ0) is 36.3. The molecule has 0 bridgehead atoms. The van der Waals surface area contributed by atoms with Gasteiger partial charge >= 0.3 is 11.9 Å². The van der Waals surface area contributed by atoms with Crippen molar-refractivity contribution in [1.82, 2.24) is 0 Å². The standard InChI is InChI=1S/C26H23ClO4.C16H19ClO4/c1-2-29-25(28)26(18-11-13-19(27)14-12-18)30-15-17(16-31-26)24-22-9-5-3-7-20(22)21-8-4-6-10-23(21)24;1-2-19-14(18)16(12-4-6-13(17)7-5-12)20-10-15(11-21-16)8-3-9-15/h3-14,17,24H,2,15-16H2,1H3;4-7H,2-3,8-11H2,1H3. The lowest BCUT2D eigenvalue weighted by atomic mass is 9.69. The molecule has 8 rings (SSSR count). The van der Waals surface area contributed by atoms with Crippen molar-refractivity contribution in [3.05, 3.63) is 129 Å². The molecule has 0 N–H and O–H groups in total. The maximum atomic E-state index is 12.9. The molecular formula is C42H42Cl2O8. The fraction of sp³-hybridized carbons (Fsp3) is 0.381. The Hall–Kier alpha value is -3.76. The summed E-state index contributed by atoms with van der Waals surface area (Å²) in [6.45, 7) is 5.85. The predicted molar refractivity (Wildman–Crippen MR) is 197 cm³/mol. The molecule has 272 valence electrons. The van der Waals surface area contributed by atoms with E-state index in [-0.39, 0.29) is 30.5 Å². The fourth-order valence-corrected chi connectivity index (χ4v) is 7.84. The van der Waals surface area contributed by atoms with E-state index < -0.39 is 23.5 Å². The van der Waals surface area contributed by atoms with Gasteiger partial charge in [-0.25, -0.2) is 9.59 Å². The fourth-order valence-electron chi connectivity index (χ4n) is 7.59. The van der Waals surface area contributed by atoms with Crippen LogP contribution in [0.4, 0.5) is 0 Å². The Bertz CT molecular complexity index is 1830. The lowest BCUT2D eigenvalue weighted by Crippen LogP contribution is -2.54. The van der Waals surface area contributed by atoms with E-state index in [1.807, 2.05) is 0 Å². The molecule has 3 fully saturated rings. The first kappa shape index (κ1) is 36.6. The van der Waals surface area contributed by atoms with Gasteiger partial charge < -0.3 is 28.4 Å². The van der Waals surface area contributed by atoms with Gasteiger partial charge in [0.1, 0.15) is 0 Å². The van der Waals surface area contributed by atoms with Crippen LogP contribution in [-0.2, 0) is 49.6 Å². The number of esters is 2. The first-order chi connectivity index (χ1) is 25.2. The van der Waals surface area contributed by atoms with Crippen molar-refractivity contribution in [2.45, 2.75) is 50.6 Å². The molecule has 10 heteroatoms. The van der Waals surface area contributed by atoms with E-state index >= 15 is 0 Å². The molecule has 1 spiro atoms. The zero-order valence-electron chi connectivity index (χ0n) is 29.3. The molecule has 0 unspecified atom stereocenters. The second-order valence-corrected chi connectivity index (χ2v) is 14.5. The van der Waals surface area contributed by atoms with E-state index in [1.54, 1.807) is 62.4 Å². The van der Waals surface area contributed by atoms with E-state index in [1.165, 1.54) is 28.7 Å². The monoisotopic (exact) mass is 744 g/mol. The minimum atomic E-state index is -1.57. The number of hydrogen-bond acceptors (Lipinski definition) is 8. The molecule has 4 aliphatic rings. The van der Waals surface area contributed by atoms with Crippen LogP contribution in [0, 0.1) is 11.3 Å². The number of carbonyl (C=O) groups is 2. The van der Waals surface area contributed by atoms with Crippen LogP contribution >= 0.6 is 23.2 Å². The first-order valence-electron chi connectivity index (χ1n) is 17.8. The Kier molecular flexibility index (Phi) is 10.8. The third kappa shape index (κ3) is 6.77. The van der Waals surface area contributed by atoms with Crippen LogP contribution in [0.25, 0.3) is 11.1 Å². The number of fused-ring (bicyclic) bond motifs is 3. The summed E-state index contributed by atoms with van der Waals surface area (Å²) in [4.78, 5) is 25.3. The zero-order valence-corrected chi connectivity index (χ0v) is 30.8. The number of benzene rings is 4. The Morgan fingerprint density at radius 2 is 1.06 bits per heavy atom. The van der Waals surface area contributed by atoms with Gasteiger partial charge in [0.15, 0.2) is 0 Å². The predicted octanol–water partition coefficient (Wildman–Crippen LogP) is 8.80. The summed E-state index contributed by atoms with van der Waals surface area (Å²) in [5.41, 5.74) is 6.35. The highest BCUT2D eigenvalue weighted by atomic mass is 35.5. The van der Waals surface area contributed by atoms with Gasteiger partial charge in [0.05, 0.1) is 39.6 Å². The molecule has 4 aromatic carbocycles. The van der Waals surface area contributed by atoms with E-state index in [0.29, 0.717) is 47.6 Å². The number of rotatable bonds is 7. The maximum absolute atomic E-state index is 12.9. The summed E-state index contributed by atoms with van der Waals surface area (Å²) in [5.74, 6) is -3.85. The van der Waals surface area contributed by atoms with Crippen molar-refractivity contribution in [2.24, 2.45) is 11.3 Å². The SMILES string of the molecule is CCOC(=O)C1(c2ccc(Cl)cc2)OCC(C2c3ccccc3-c3ccccc32)CO1.CCOC(=O)C1(c2ccc(Cl)cc2)OCC2(CCC2)CO1. The van der Waals surface area contributed by atoms with Gasteiger partial charge in [-0.05, 0) is 73.2 Å². The second-order valence-electron chi connectivity index (χ2n) is 13.7. The minimum absolute atomic E-state index is 0.0691. The van der Waals surface area contributed by atoms with Crippen LogP contribution in [0.5, 0.6) is 0 Å². The molecule has 4 aromatic rings. The molecule has 0 atom stereocenters. The lowest BCUT2D eigenvalue weighted by Gasteiger charge is -2.49.